The van der Waals surface area contributed by atoms with Crippen LogP contribution in [0.25, 0.3) is 0 Å². The zero-order chi connectivity index (χ0) is 22.4. The lowest BCUT2D eigenvalue weighted by Crippen LogP contribution is -2.41. The predicted octanol–water partition coefficient (Wildman–Crippen LogP) is 1.98. The number of benzene rings is 2. The van der Waals surface area contributed by atoms with Crippen LogP contribution in [-0.2, 0) is 26.0 Å². The molecule has 0 aliphatic carbocycles. The molecule has 9 heteroatoms. The molecule has 0 saturated carbocycles. The first kappa shape index (κ1) is 22.8. The van der Waals surface area contributed by atoms with Crippen molar-refractivity contribution in [3.63, 3.8) is 0 Å². The van der Waals surface area contributed by atoms with Crippen LogP contribution in [0.4, 0.5) is 0 Å². The number of primary sulfonamides is 1. The Hall–Kier alpha value is -2.91. The number of methoxy groups -OCH3 is 1. The molecule has 3 rings (SSSR count). The second kappa shape index (κ2) is 9.93. The first-order valence-electron chi connectivity index (χ1n) is 9.97. The lowest BCUT2D eigenvalue weighted by Gasteiger charge is -2.32. The van der Waals surface area contributed by atoms with Gasteiger partial charge in [0.05, 0.1) is 12.7 Å². The van der Waals surface area contributed by atoms with Gasteiger partial charge in [0.1, 0.15) is 10.6 Å². The minimum atomic E-state index is -4.09. The van der Waals surface area contributed by atoms with Crippen LogP contribution in [0, 0.1) is 5.92 Å². The van der Waals surface area contributed by atoms with Gasteiger partial charge in [0.25, 0.3) is 5.91 Å². The number of hydrogen-bond donors (Lipinski definition) is 1. The summed E-state index contributed by atoms with van der Waals surface area (Å²) in [6, 6.07) is 14.0. The average Bonchev–Trinajstić information content (AvgIpc) is 2.77. The Bertz CT molecular complexity index is 1030. The van der Waals surface area contributed by atoms with E-state index < -0.39 is 22.6 Å². The van der Waals surface area contributed by atoms with Crippen LogP contribution in [0.1, 0.15) is 28.8 Å². The highest BCUT2D eigenvalue weighted by Gasteiger charge is 2.24. The van der Waals surface area contributed by atoms with Crippen molar-refractivity contribution >= 4 is 21.9 Å². The van der Waals surface area contributed by atoms with Gasteiger partial charge in [-0.2, -0.15) is 0 Å². The zero-order valence-electron chi connectivity index (χ0n) is 17.3. The number of nitrogens with zero attached hydrogens (tertiary/aromatic N) is 1. The summed E-state index contributed by atoms with van der Waals surface area (Å²) in [5.41, 5.74) is 1.26. The van der Waals surface area contributed by atoms with E-state index in [2.05, 4.69) is 12.1 Å². The number of hydrogen-bond acceptors (Lipinski definition) is 6. The molecular formula is C22H26N2O6S. The van der Waals surface area contributed by atoms with Crippen molar-refractivity contribution < 1.29 is 27.5 Å². The molecule has 1 fully saturated rings. The number of ether oxygens (including phenoxy) is 2. The predicted molar refractivity (Wildman–Crippen MR) is 114 cm³/mol. The van der Waals surface area contributed by atoms with Crippen LogP contribution in [0.15, 0.2) is 53.4 Å². The summed E-state index contributed by atoms with van der Waals surface area (Å²) in [5, 5.41) is 5.16. The van der Waals surface area contributed by atoms with E-state index in [1.807, 2.05) is 18.2 Å². The van der Waals surface area contributed by atoms with Crippen molar-refractivity contribution in [3.8, 4) is 5.75 Å². The van der Waals surface area contributed by atoms with Crippen molar-refractivity contribution in [2.45, 2.75) is 24.2 Å². The summed E-state index contributed by atoms with van der Waals surface area (Å²) >= 11 is 0. The van der Waals surface area contributed by atoms with E-state index in [9.17, 15) is 18.0 Å². The third-order valence-electron chi connectivity index (χ3n) is 5.37. The average molecular weight is 447 g/mol. The van der Waals surface area contributed by atoms with Gasteiger partial charge >= 0.3 is 5.97 Å². The first-order valence-corrected chi connectivity index (χ1v) is 11.5. The Morgan fingerprint density at radius 2 is 1.77 bits per heavy atom. The quantitative estimate of drug-likeness (QED) is 0.650. The minimum absolute atomic E-state index is 0.0218. The molecule has 2 N–H and O–H groups in total. The molecule has 8 nitrogen and oxygen atoms in total. The number of likely N-dealkylation sites (tertiary alicyclic amines) is 1. The third-order valence-corrected chi connectivity index (χ3v) is 6.30. The fraction of sp³-hybridized carbons (Fsp3) is 0.364. The number of carbonyl (C=O) groups is 2. The molecule has 1 aliphatic rings. The van der Waals surface area contributed by atoms with Gasteiger partial charge in [-0.1, -0.05) is 30.3 Å². The van der Waals surface area contributed by atoms with Crippen molar-refractivity contribution in [2.24, 2.45) is 11.1 Å². The highest BCUT2D eigenvalue weighted by Crippen LogP contribution is 2.24. The smallest absolute Gasteiger partial charge is 0.338 e. The first-order chi connectivity index (χ1) is 14.8. The Morgan fingerprint density at radius 3 is 2.39 bits per heavy atom. The van der Waals surface area contributed by atoms with E-state index in [0.29, 0.717) is 19.0 Å². The number of nitrogens with two attached hydrogens (primary N) is 1. The van der Waals surface area contributed by atoms with E-state index in [1.54, 1.807) is 4.90 Å². The summed E-state index contributed by atoms with van der Waals surface area (Å²) in [6.45, 7) is 0.830. The van der Waals surface area contributed by atoms with Gasteiger partial charge in [-0.25, -0.2) is 18.4 Å². The van der Waals surface area contributed by atoms with Gasteiger partial charge in [0.15, 0.2) is 6.61 Å². The lowest BCUT2D eigenvalue weighted by molar-refractivity contribution is -0.135. The summed E-state index contributed by atoms with van der Waals surface area (Å²) in [5.74, 6) is -0.537. The Kier molecular flexibility index (Phi) is 7.29. The summed E-state index contributed by atoms with van der Waals surface area (Å²) in [4.78, 5) is 26.1. The topological polar surface area (TPSA) is 116 Å². The van der Waals surface area contributed by atoms with Crippen molar-refractivity contribution in [2.75, 3.05) is 26.8 Å². The zero-order valence-corrected chi connectivity index (χ0v) is 18.1. The van der Waals surface area contributed by atoms with E-state index in [0.717, 1.165) is 25.3 Å². The fourth-order valence-corrected chi connectivity index (χ4v) is 4.38. The number of sulfonamides is 1. The summed E-state index contributed by atoms with van der Waals surface area (Å²) in [7, 11) is -2.79. The second-order valence-electron chi connectivity index (χ2n) is 7.50. The Labute approximate surface area is 182 Å². The van der Waals surface area contributed by atoms with E-state index in [1.165, 1.54) is 24.8 Å². The van der Waals surface area contributed by atoms with Crippen LogP contribution >= 0.6 is 0 Å². The number of rotatable bonds is 7. The third kappa shape index (κ3) is 6.05. The van der Waals surface area contributed by atoms with Gasteiger partial charge in [0, 0.05) is 13.1 Å². The molecule has 0 bridgehead atoms. The maximum atomic E-state index is 12.4. The Balaban J connectivity index is 1.51. The van der Waals surface area contributed by atoms with Gasteiger partial charge in [-0.05, 0) is 48.9 Å². The molecule has 0 atom stereocenters. The molecule has 0 radical (unpaired) electrons. The number of carbonyl (C=O) groups excluding carboxylic acids is 2. The normalized spacial score (nSPS) is 14.8. The summed E-state index contributed by atoms with van der Waals surface area (Å²) in [6.07, 6.45) is 2.78. The standard InChI is InChI=1S/C22H26N2O6S/c1-29-19-8-7-18(14-20(19)31(23,27)28)22(26)30-15-21(25)24-11-9-17(10-12-24)13-16-5-3-2-4-6-16/h2-8,14,17H,9-13,15H2,1H3,(H2,23,27,28). The molecular weight excluding hydrogens is 420 g/mol. The molecule has 0 aromatic heterocycles. The highest BCUT2D eigenvalue weighted by molar-refractivity contribution is 7.89. The number of esters is 1. The molecule has 1 saturated heterocycles. The Morgan fingerprint density at radius 1 is 1.10 bits per heavy atom. The van der Waals surface area contributed by atoms with Crippen LogP contribution in [-0.4, -0.2) is 52.0 Å². The summed E-state index contributed by atoms with van der Waals surface area (Å²) < 4.78 is 33.4. The molecule has 31 heavy (non-hydrogen) atoms. The molecule has 0 spiro atoms. The van der Waals surface area contributed by atoms with Crippen molar-refractivity contribution in [1.29, 1.82) is 0 Å². The SMILES string of the molecule is COc1ccc(C(=O)OCC(=O)N2CCC(Cc3ccccc3)CC2)cc1S(N)(=O)=O. The molecule has 0 unspecified atom stereocenters. The molecule has 2 aromatic carbocycles. The molecule has 1 amide bonds. The van der Waals surface area contributed by atoms with Gasteiger partial charge < -0.3 is 14.4 Å². The van der Waals surface area contributed by atoms with Crippen molar-refractivity contribution in [3.05, 3.63) is 59.7 Å². The monoisotopic (exact) mass is 446 g/mol. The fourth-order valence-electron chi connectivity index (χ4n) is 3.66. The van der Waals surface area contributed by atoms with Gasteiger partial charge in [-0.15, -0.1) is 0 Å². The number of piperidine rings is 1. The molecule has 2 aromatic rings. The number of amides is 1. The van der Waals surface area contributed by atoms with Crippen LogP contribution in [0.5, 0.6) is 5.75 Å². The highest BCUT2D eigenvalue weighted by atomic mass is 32.2. The largest absolute Gasteiger partial charge is 0.495 e. The van der Waals surface area contributed by atoms with E-state index in [4.69, 9.17) is 14.6 Å². The van der Waals surface area contributed by atoms with Gasteiger partial charge in [0.2, 0.25) is 10.0 Å². The van der Waals surface area contributed by atoms with Crippen LogP contribution in [0.3, 0.4) is 0 Å². The van der Waals surface area contributed by atoms with E-state index >= 15 is 0 Å². The van der Waals surface area contributed by atoms with Crippen molar-refractivity contribution in [1.82, 2.24) is 4.90 Å². The van der Waals surface area contributed by atoms with E-state index in [-0.39, 0.29) is 22.1 Å². The van der Waals surface area contributed by atoms with Gasteiger partial charge in [-0.3, -0.25) is 4.79 Å². The minimum Gasteiger partial charge on any atom is -0.495 e. The maximum Gasteiger partial charge on any atom is 0.338 e. The molecule has 1 aliphatic heterocycles. The lowest BCUT2D eigenvalue weighted by atomic mass is 9.90. The van der Waals surface area contributed by atoms with Crippen LogP contribution < -0.4 is 9.88 Å². The molecule has 166 valence electrons. The molecule has 1 heterocycles. The van der Waals surface area contributed by atoms with Crippen LogP contribution in [0.2, 0.25) is 0 Å². The maximum absolute atomic E-state index is 12.4. The second-order valence-corrected chi connectivity index (χ2v) is 9.03.